The zero-order chi connectivity index (χ0) is 14.8. The minimum absolute atomic E-state index is 0.0168. The van der Waals surface area contributed by atoms with Gasteiger partial charge in [-0.3, -0.25) is 4.79 Å². The van der Waals surface area contributed by atoms with Gasteiger partial charge in [0.15, 0.2) is 9.84 Å². The highest BCUT2D eigenvalue weighted by Gasteiger charge is 2.27. The van der Waals surface area contributed by atoms with E-state index in [1.54, 1.807) is 12.1 Å². The summed E-state index contributed by atoms with van der Waals surface area (Å²) in [4.78, 5) is 12.4. The van der Waals surface area contributed by atoms with Crippen LogP contribution in [0.4, 0.5) is 5.69 Å². The van der Waals surface area contributed by atoms with Crippen LogP contribution in [0.25, 0.3) is 0 Å². The topological polar surface area (TPSA) is 75.3 Å². The zero-order valence-corrected chi connectivity index (χ0v) is 12.5. The normalized spacial score (nSPS) is 23.3. The minimum atomic E-state index is -3.20. The molecule has 2 rings (SSSR count). The number of hydrogen-bond donors (Lipinski definition) is 2. The van der Waals surface area contributed by atoms with Gasteiger partial charge in [0.25, 0.3) is 0 Å². The maximum atomic E-state index is 12.2. The van der Waals surface area contributed by atoms with Crippen molar-refractivity contribution < 1.29 is 13.2 Å². The van der Waals surface area contributed by atoms with Crippen molar-refractivity contribution in [3.05, 3.63) is 24.3 Å². The lowest BCUT2D eigenvalue weighted by atomic mass is 9.91. The van der Waals surface area contributed by atoms with Crippen LogP contribution in [0.1, 0.15) is 19.8 Å². The molecule has 20 heavy (non-hydrogen) atoms. The van der Waals surface area contributed by atoms with E-state index in [9.17, 15) is 13.2 Å². The molecule has 1 saturated heterocycles. The van der Waals surface area contributed by atoms with E-state index in [4.69, 9.17) is 0 Å². The van der Waals surface area contributed by atoms with Gasteiger partial charge in [-0.1, -0.05) is 0 Å². The Hall–Kier alpha value is -1.40. The Morgan fingerprint density at radius 1 is 1.30 bits per heavy atom. The van der Waals surface area contributed by atoms with Gasteiger partial charge < -0.3 is 10.6 Å². The third kappa shape index (κ3) is 3.58. The zero-order valence-electron chi connectivity index (χ0n) is 11.7. The number of carbonyl (C=O) groups is 1. The summed E-state index contributed by atoms with van der Waals surface area (Å²) >= 11 is 0. The van der Waals surface area contributed by atoms with Crippen molar-refractivity contribution in [2.24, 2.45) is 5.92 Å². The van der Waals surface area contributed by atoms with Gasteiger partial charge in [-0.25, -0.2) is 8.42 Å². The highest BCUT2D eigenvalue weighted by molar-refractivity contribution is 7.90. The SMILES string of the molecule is CC1NCCCC1C(=O)Nc1ccc(S(C)(=O)=O)cc1. The van der Waals surface area contributed by atoms with Crippen LogP contribution >= 0.6 is 0 Å². The fourth-order valence-corrected chi connectivity index (χ4v) is 3.05. The van der Waals surface area contributed by atoms with Crippen LogP contribution in [-0.2, 0) is 14.6 Å². The number of carbonyl (C=O) groups excluding carboxylic acids is 1. The van der Waals surface area contributed by atoms with Gasteiger partial charge in [0.1, 0.15) is 0 Å². The van der Waals surface area contributed by atoms with Gasteiger partial charge in [-0.15, -0.1) is 0 Å². The third-order valence-electron chi connectivity index (χ3n) is 3.65. The van der Waals surface area contributed by atoms with Crippen molar-refractivity contribution in [3.8, 4) is 0 Å². The molecule has 2 atom stereocenters. The summed E-state index contributed by atoms with van der Waals surface area (Å²) in [5.41, 5.74) is 0.625. The molecule has 0 spiro atoms. The average Bonchev–Trinajstić information content (AvgIpc) is 2.38. The number of piperidine rings is 1. The van der Waals surface area contributed by atoms with Gasteiger partial charge in [-0.2, -0.15) is 0 Å². The molecule has 0 aromatic heterocycles. The predicted molar refractivity (Wildman–Crippen MR) is 78.4 cm³/mol. The van der Waals surface area contributed by atoms with Crippen molar-refractivity contribution >= 4 is 21.4 Å². The van der Waals surface area contributed by atoms with E-state index in [1.165, 1.54) is 12.1 Å². The molecule has 2 unspecified atom stereocenters. The van der Waals surface area contributed by atoms with Crippen molar-refractivity contribution in [3.63, 3.8) is 0 Å². The number of sulfone groups is 1. The van der Waals surface area contributed by atoms with Crippen LogP contribution in [0.5, 0.6) is 0 Å². The highest BCUT2D eigenvalue weighted by atomic mass is 32.2. The molecule has 1 amide bonds. The second-order valence-corrected chi connectivity index (χ2v) is 7.29. The Morgan fingerprint density at radius 2 is 1.95 bits per heavy atom. The molecule has 0 aliphatic carbocycles. The largest absolute Gasteiger partial charge is 0.326 e. The lowest BCUT2D eigenvalue weighted by Gasteiger charge is -2.28. The fraction of sp³-hybridized carbons (Fsp3) is 0.500. The lowest BCUT2D eigenvalue weighted by Crippen LogP contribution is -2.44. The molecule has 0 bridgehead atoms. The number of rotatable bonds is 3. The van der Waals surface area contributed by atoms with E-state index in [2.05, 4.69) is 10.6 Å². The standard InChI is InChI=1S/C14H20N2O3S/c1-10-13(4-3-9-15-10)14(17)16-11-5-7-12(8-6-11)20(2,18)19/h5-8,10,13,15H,3-4,9H2,1-2H3,(H,16,17). The Bertz CT molecular complexity index is 581. The first-order chi connectivity index (χ1) is 9.38. The summed E-state index contributed by atoms with van der Waals surface area (Å²) in [7, 11) is -3.20. The lowest BCUT2D eigenvalue weighted by molar-refractivity contribution is -0.121. The number of anilines is 1. The number of hydrogen-bond acceptors (Lipinski definition) is 4. The van der Waals surface area contributed by atoms with Crippen molar-refractivity contribution in [1.82, 2.24) is 5.32 Å². The van der Waals surface area contributed by atoms with Crippen LogP contribution in [0.2, 0.25) is 0 Å². The van der Waals surface area contributed by atoms with Crippen molar-refractivity contribution in [1.29, 1.82) is 0 Å². The maximum Gasteiger partial charge on any atom is 0.229 e. The van der Waals surface area contributed by atoms with Gasteiger partial charge in [0.2, 0.25) is 5.91 Å². The molecule has 2 N–H and O–H groups in total. The molecule has 1 aliphatic heterocycles. The van der Waals surface area contributed by atoms with E-state index < -0.39 is 9.84 Å². The molecule has 6 heteroatoms. The summed E-state index contributed by atoms with van der Waals surface area (Å²) in [5.74, 6) is -0.0601. The van der Waals surface area contributed by atoms with E-state index in [-0.39, 0.29) is 22.8 Å². The fourth-order valence-electron chi connectivity index (χ4n) is 2.42. The van der Waals surface area contributed by atoms with E-state index in [1.807, 2.05) is 6.92 Å². The summed E-state index contributed by atoms with van der Waals surface area (Å²) in [6, 6.07) is 6.42. The minimum Gasteiger partial charge on any atom is -0.326 e. The number of nitrogens with one attached hydrogen (secondary N) is 2. The van der Waals surface area contributed by atoms with Crippen LogP contribution < -0.4 is 10.6 Å². The summed E-state index contributed by atoms with van der Waals surface area (Å²) in [6.07, 6.45) is 3.03. The maximum absolute atomic E-state index is 12.2. The van der Waals surface area contributed by atoms with Crippen LogP contribution in [0, 0.1) is 5.92 Å². The monoisotopic (exact) mass is 296 g/mol. The molecular weight excluding hydrogens is 276 g/mol. The van der Waals surface area contributed by atoms with Crippen molar-refractivity contribution in [2.75, 3.05) is 18.1 Å². The molecule has 1 aromatic rings. The molecular formula is C14H20N2O3S. The molecule has 110 valence electrons. The highest BCUT2D eigenvalue weighted by Crippen LogP contribution is 2.20. The number of benzene rings is 1. The number of amides is 1. The Balaban J connectivity index is 2.04. The Labute approximate surface area is 119 Å². The Morgan fingerprint density at radius 3 is 2.50 bits per heavy atom. The Kier molecular flexibility index (Phi) is 4.45. The van der Waals surface area contributed by atoms with E-state index >= 15 is 0 Å². The molecule has 5 nitrogen and oxygen atoms in total. The molecule has 0 saturated carbocycles. The van der Waals surface area contributed by atoms with Gasteiger partial charge >= 0.3 is 0 Å². The molecule has 0 radical (unpaired) electrons. The van der Waals surface area contributed by atoms with Crippen LogP contribution in [0.3, 0.4) is 0 Å². The second kappa shape index (κ2) is 5.93. The summed E-state index contributed by atoms with van der Waals surface area (Å²) < 4.78 is 22.7. The molecule has 1 fully saturated rings. The van der Waals surface area contributed by atoms with Gasteiger partial charge in [0.05, 0.1) is 10.8 Å². The third-order valence-corrected chi connectivity index (χ3v) is 4.78. The van der Waals surface area contributed by atoms with Crippen molar-refractivity contribution in [2.45, 2.75) is 30.7 Å². The smallest absolute Gasteiger partial charge is 0.229 e. The first kappa shape index (κ1) is 15.0. The van der Waals surface area contributed by atoms with Crippen LogP contribution in [-0.4, -0.2) is 33.2 Å². The van der Waals surface area contributed by atoms with E-state index in [0.717, 1.165) is 25.6 Å². The predicted octanol–water partition coefficient (Wildman–Crippen LogP) is 1.42. The average molecular weight is 296 g/mol. The molecule has 1 aromatic carbocycles. The van der Waals surface area contributed by atoms with Gasteiger partial charge in [-0.05, 0) is 50.6 Å². The second-order valence-electron chi connectivity index (χ2n) is 5.28. The van der Waals surface area contributed by atoms with E-state index in [0.29, 0.717) is 5.69 Å². The first-order valence-corrected chi connectivity index (χ1v) is 8.61. The molecule has 1 aliphatic rings. The molecule has 1 heterocycles. The first-order valence-electron chi connectivity index (χ1n) is 6.72. The van der Waals surface area contributed by atoms with Crippen LogP contribution in [0.15, 0.2) is 29.2 Å². The summed E-state index contributed by atoms with van der Waals surface area (Å²) in [5, 5.41) is 6.13. The quantitative estimate of drug-likeness (QED) is 0.884. The van der Waals surface area contributed by atoms with Gasteiger partial charge in [0, 0.05) is 18.0 Å². The summed E-state index contributed by atoms with van der Waals surface area (Å²) in [6.45, 7) is 2.96.